The standard InChI is InChI=1S/C14H15N5O3S/c15-11(20)7-16-12(21)10-8-23-14(18-10)19-13(22)17-6-9-4-2-1-3-5-9/h1-5,8H,6-7H2,(H2,15,20)(H,16,21)(H2,17,18,19,22). The summed E-state index contributed by atoms with van der Waals surface area (Å²) < 4.78 is 0. The number of anilines is 1. The van der Waals surface area contributed by atoms with Gasteiger partial charge in [-0.25, -0.2) is 9.78 Å². The second-order valence-electron chi connectivity index (χ2n) is 4.48. The summed E-state index contributed by atoms with van der Waals surface area (Å²) >= 11 is 1.10. The number of thiazole rings is 1. The van der Waals surface area contributed by atoms with Crippen molar-refractivity contribution in [2.24, 2.45) is 5.73 Å². The molecule has 0 unspecified atom stereocenters. The molecule has 4 amide bonds. The van der Waals surface area contributed by atoms with Gasteiger partial charge in [0.25, 0.3) is 5.91 Å². The highest BCUT2D eigenvalue weighted by atomic mass is 32.1. The second-order valence-corrected chi connectivity index (χ2v) is 5.34. The van der Waals surface area contributed by atoms with E-state index in [-0.39, 0.29) is 17.4 Å². The van der Waals surface area contributed by atoms with Crippen molar-refractivity contribution in [1.29, 1.82) is 0 Å². The van der Waals surface area contributed by atoms with Crippen LogP contribution in [0.5, 0.6) is 0 Å². The molecule has 0 bridgehead atoms. The topological polar surface area (TPSA) is 126 Å². The molecule has 0 saturated carbocycles. The van der Waals surface area contributed by atoms with E-state index in [0.29, 0.717) is 6.54 Å². The number of carbonyl (C=O) groups excluding carboxylic acids is 3. The lowest BCUT2D eigenvalue weighted by molar-refractivity contribution is -0.117. The lowest BCUT2D eigenvalue weighted by Crippen LogP contribution is -2.33. The van der Waals surface area contributed by atoms with Crippen LogP contribution in [-0.4, -0.2) is 29.4 Å². The number of primary amides is 1. The molecule has 0 saturated heterocycles. The second kappa shape index (κ2) is 7.90. The van der Waals surface area contributed by atoms with Crippen molar-refractivity contribution in [2.75, 3.05) is 11.9 Å². The number of nitrogens with one attached hydrogen (secondary N) is 3. The molecule has 0 aliphatic carbocycles. The Morgan fingerprint density at radius 3 is 2.57 bits per heavy atom. The van der Waals surface area contributed by atoms with Crippen LogP contribution in [0, 0.1) is 0 Å². The highest BCUT2D eigenvalue weighted by Gasteiger charge is 2.12. The molecule has 8 nitrogen and oxygen atoms in total. The van der Waals surface area contributed by atoms with Gasteiger partial charge in [-0.1, -0.05) is 30.3 Å². The summed E-state index contributed by atoms with van der Waals surface area (Å²) in [5.74, 6) is -1.18. The zero-order valence-electron chi connectivity index (χ0n) is 12.0. The fraction of sp³-hybridized carbons (Fsp3) is 0.143. The van der Waals surface area contributed by atoms with E-state index in [0.717, 1.165) is 16.9 Å². The minimum Gasteiger partial charge on any atom is -0.368 e. The molecule has 5 N–H and O–H groups in total. The van der Waals surface area contributed by atoms with Crippen LogP contribution in [0.4, 0.5) is 9.93 Å². The Kier molecular flexibility index (Phi) is 5.64. The Balaban J connectivity index is 1.82. The molecule has 1 aromatic carbocycles. The van der Waals surface area contributed by atoms with Crippen molar-refractivity contribution < 1.29 is 14.4 Å². The Bertz CT molecular complexity index is 701. The third-order valence-corrected chi connectivity index (χ3v) is 3.43. The van der Waals surface area contributed by atoms with E-state index >= 15 is 0 Å². The van der Waals surface area contributed by atoms with Crippen molar-refractivity contribution in [3.8, 4) is 0 Å². The summed E-state index contributed by atoms with van der Waals surface area (Å²) in [5, 5.41) is 9.29. The molecular formula is C14H15N5O3S. The van der Waals surface area contributed by atoms with Crippen LogP contribution in [0.3, 0.4) is 0 Å². The molecule has 0 atom stereocenters. The summed E-state index contributed by atoms with van der Waals surface area (Å²) in [6.45, 7) is 0.112. The molecule has 0 radical (unpaired) electrons. The van der Waals surface area contributed by atoms with Gasteiger partial charge >= 0.3 is 6.03 Å². The van der Waals surface area contributed by atoms with E-state index in [4.69, 9.17) is 5.73 Å². The maximum atomic E-state index is 11.8. The number of aromatic nitrogens is 1. The number of rotatable bonds is 6. The zero-order chi connectivity index (χ0) is 16.7. The Morgan fingerprint density at radius 2 is 1.87 bits per heavy atom. The van der Waals surface area contributed by atoms with Gasteiger partial charge in [0.05, 0.1) is 6.54 Å². The van der Waals surface area contributed by atoms with Crippen molar-refractivity contribution in [1.82, 2.24) is 15.6 Å². The van der Waals surface area contributed by atoms with E-state index in [9.17, 15) is 14.4 Å². The lowest BCUT2D eigenvalue weighted by atomic mass is 10.2. The number of benzene rings is 1. The molecule has 120 valence electrons. The lowest BCUT2D eigenvalue weighted by Gasteiger charge is -2.05. The van der Waals surface area contributed by atoms with E-state index < -0.39 is 17.8 Å². The van der Waals surface area contributed by atoms with Crippen LogP contribution in [-0.2, 0) is 11.3 Å². The summed E-state index contributed by atoms with van der Waals surface area (Å²) in [6, 6.07) is 9.02. The van der Waals surface area contributed by atoms with Gasteiger partial charge in [-0.3, -0.25) is 14.9 Å². The monoisotopic (exact) mass is 333 g/mol. The van der Waals surface area contributed by atoms with Crippen LogP contribution in [0.2, 0.25) is 0 Å². The minimum atomic E-state index is -0.646. The summed E-state index contributed by atoms with van der Waals surface area (Å²) in [4.78, 5) is 38.0. The fourth-order valence-electron chi connectivity index (χ4n) is 1.61. The highest BCUT2D eigenvalue weighted by molar-refractivity contribution is 7.14. The van der Waals surface area contributed by atoms with Crippen molar-refractivity contribution in [2.45, 2.75) is 6.54 Å². The van der Waals surface area contributed by atoms with Crippen LogP contribution < -0.4 is 21.7 Å². The van der Waals surface area contributed by atoms with Crippen LogP contribution in [0.1, 0.15) is 16.1 Å². The summed E-state index contributed by atoms with van der Waals surface area (Å²) in [6.07, 6.45) is 0. The number of carbonyl (C=O) groups is 3. The van der Waals surface area contributed by atoms with E-state index in [1.807, 2.05) is 30.3 Å². The first-order valence-electron chi connectivity index (χ1n) is 6.65. The Morgan fingerprint density at radius 1 is 1.13 bits per heavy atom. The molecule has 1 heterocycles. The zero-order valence-corrected chi connectivity index (χ0v) is 12.9. The first-order valence-corrected chi connectivity index (χ1v) is 7.53. The number of hydrogen-bond donors (Lipinski definition) is 4. The van der Waals surface area contributed by atoms with Gasteiger partial charge < -0.3 is 16.4 Å². The number of nitrogens with zero attached hydrogens (tertiary/aromatic N) is 1. The molecule has 2 aromatic rings. The third kappa shape index (κ3) is 5.40. The Labute approximate surface area is 136 Å². The number of amides is 4. The maximum Gasteiger partial charge on any atom is 0.321 e. The molecule has 2 rings (SSSR count). The fourth-order valence-corrected chi connectivity index (χ4v) is 2.30. The van der Waals surface area contributed by atoms with E-state index in [1.54, 1.807) is 0 Å². The van der Waals surface area contributed by atoms with Crippen LogP contribution in [0.15, 0.2) is 35.7 Å². The van der Waals surface area contributed by atoms with Gasteiger partial charge in [0.2, 0.25) is 5.91 Å². The SMILES string of the molecule is NC(=O)CNC(=O)c1csc(NC(=O)NCc2ccccc2)n1. The number of nitrogens with two attached hydrogens (primary N) is 1. The molecule has 0 aliphatic heterocycles. The van der Waals surface area contributed by atoms with Gasteiger partial charge in [0.1, 0.15) is 5.69 Å². The largest absolute Gasteiger partial charge is 0.368 e. The maximum absolute atomic E-state index is 11.8. The average molecular weight is 333 g/mol. The first-order chi connectivity index (χ1) is 11.0. The molecular weight excluding hydrogens is 318 g/mol. The summed E-state index contributed by atoms with van der Waals surface area (Å²) in [7, 11) is 0. The molecule has 23 heavy (non-hydrogen) atoms. The van der Waals surface area contributed by atoms with Gasteiger partial charge in [-0.2, -0.15) is 0 Å². The predicted octanol–water partition coefficient (Wildman–Crippen LogP) is 0.680. The van der Waals surface area contributed by atoms with Gasteiger partial charge in [0.15, 0.2) is 5.13 Å². The predicted molar refractivity (Wildman–Crippen MR) is 85.9 cm³/mol. The molecule has 0 aliphatic rings. The minimum absolute atomic E-state index is 0.106. The Hall–Kier alpha value is -2.94. The smallest absolute Gasteiger partial charge is 0.321 e. The quantitative estimate of drug-likeness (QED) is 0.620. The molecule has 9 heteroatoms. The first kappa shape index (κ1) is 16.4. The van der Waals surface area contributed by atoms with Gasteiger partial charge in [-0.15, -0.1) is 11.3 Å². The normalized spacial score (nSPS) is 9.91. The van der Waals surface area contributed by atoms with E-state index in [1.165, 1.54) is 5.38 Å². The molecule has 1 aromatic heterocycles. The average Bonchev–Trinajstić information content (AvgIpc) is 3.00. The van der Waals surface area contributed by atoms with Gasteiger partial charge in [-0.05, 0) is 5.56 Å². The molecule has 0 spiro atoms. The highest BCUT2D eigenvalue weighted by Crippen LogP contribution is 2.15. The third-order valence-electron chi connectivity index (χ3n) is 2.68. The number of urea groups is 1. The van der Waals surface area contributed by atoms with Crippen molar-refractivity contribution in [3.05, 3.63) is 47.0 Å². The van der Waals surface area contributed by atoms with Gasteiger partial charge in [0, 0.05) is 11.9 Å². The molecule has 0 fully saturated rings. The number of hydrogen-bond acceptors (Lipinski definition) is 5. The van der Waals surface area contributed by atoms with Crippen molar-refractivity contribution >= 4 is 34.3 Å². The summed E-state index contributed by atoms with van der Waals surface area (Å²) in [5.41, 5.74) is 6.01. The van der Waals surface area contributed by atoms with Crippen molar-refractivity contribution in [3.63, 3.8) is 0 Å². The van der Waals surface area contributed by atoms with E-state index in [2.05, 4.69) is 20.9 Å². The van der Waals surface area contributed by atoms with Crippen LogP contribution in [0.25, 0.3) is 0 Å². The van der Waals surface area contributed by atoms with Crippen LogP contribution >= 0.6 is 11.3 Å².